The average molecular weight is 384 g/mol. The van der Waals surface area contributed by atoms with E-state index in [0.29, 0.717) is 12.3 Å². The maximum Gasteiger partial charge on any atom is 0.307 e. The molecule has 0 bridgehead atoms. The van der Waals surface area contributed by atoms with Gasteiger partial charge in [0.2, 0.25) is 5.91 Å². The summed E-state index contributed by atoms with van der Waals surface area (Å²) in [5.74, 6) is -1.82. The molecule has 0 spiro atoms. The molecular formula is C17H25N3O3S2. The number of nitrogens with one attached hydrogen (secondary N) is 1. The molecule has 25 heavy (non-hydrogen) atoms. The molecule has 138 valence electrons. The van der Waals surface area contributed by atoms with Crippen molar-refractivity contribution in [2.75, 3.05) is 18.8 Å². The van der Waals surface area contributed by atoms with Crippen LogP contribution in [0.5, 0.6) is 0 Å². The van der Waals surface area contributed by atoms with Gasteiger partial charge in [-0.2, -0.15) is 0 Å². The predicted octanol–water partition coefficient (Wildman–Crippen LogP) is 2.37. The van der Waals surface area contributed by atoms with Gasteiger partial charge in [-0.25, -0.2) is 4.98 Å². The second-order valence-electron chi connectivity index (χ2n) is 6.42. The number of aliphatic carboxylic acids is 1. The first-order valence-corrected chi connectivity index (χ1v) is 10.7. The molecule has 0 saturated carbocycles. The third-order valence-corrected chi connectivity index (χ3v) is 6.69. The van der Waals surface area contributed by atoms with Gasteiger partial charge in [0.15, 0.2) is 0 Å². The number of carboxylic acid groups (broad SMARTS) is 1. The molecule has 1 aliphatic heterocycles. The fraction of sp³-hybridized carbons (Fsp3) is 0.588. The van der Waals surface area contributed by atoms with Gasteiger partial charge in [-0.15, -0.1) is 0 Å². The van der Waals surface area contributed by atoms with E-state index < -0.39 is 17.8 Å². The highest BCUT2D eigenvalue weighted by Crippen LogP contribution is 2.33. The van der Waals surface area contributed by atoms with E-state index >= 15 is 0 Å². The van der Waals surface area contributed by atoms with Gasteiger partial charge in [0.1, 0.15) is 5.03 Å². The van der Waals surface area contributed by atoms with Crippen molar-refractivity contribution in [1.82, 2.24) is 15.2 Å². The minimum Gasteiger partial charge on any atom is -0.481 e. The summed E-state index contributed by atoms with van der Waals surface area (Å²) in [6, 6.07) is 5.94. The SMILES string of the molecule is CC1CN(C(=O)C(CSSc2ccccn2)C(C)C(=O)O)C(C)CN1. The van der Waals surface area contributed by atoms with Crippen LogP contribution in [-0.2, 0) is 9.59 Å². The highest BCUT2D eigenvalue weighted by molar-refractivity contribution is 8.76. The Balaban J connectivity index is 2.04. The first-order chi connectivity index (χ1) is 11.9. The van der Waals surface area contributed by atoms with Crippen molar-refractivity contribution in [3.63, 3.8) is 0 Å². The van der Waals surface area contributed by atoms with E-state index in [1.807, 2.05) is 36.9 Å². The summed E-state index contributed by atoms with van der Waals surface area (Å²) in [5, 5.41) is 13.6. The van der Waals surface area contributed by atoms with Gasteiger partial charge in [-0.3, -0.25) is 9.59 Å². The Morgan fingerprint density at radius 2 is 2.20 bits per heavy atom. The molecule has 1 saturated heterocycles. The third kappa shape index (κ3) is 5.62. The number of piperazine rings is 1. The predicted molar refractivity (Wildman–Crippen MR) is 101 cm³/mol. The Labute approximate surface area is 156 Å². The smallest absolute Gasteiger partial charge is 0.307 e. The number of carbonyl (C=O) groups is 2. The van der Waals surface area contributed by atoms with Crippen molar-refractivity contribution >= 4 is 33.5 Å². The van der Waals surface area contributed by atoms with Crippen molar-refractivity contribution < 1.29 is 14.7 Å². The average Bonchev–Trinajstić information content (AvgIpc) is 2.60. The summed E-state index contributed by atoms with van der Waals surface area (Å²) in [5.41, 5.74) is 0. The fourth-order valence-electron chi connectivity index (χ4n) is 2.71. The topological polar surface area (TPSA) is 82.5 Å². The number of pyridine rings is 1. The van der Waals surface area contributed by atoms with Gasteiger partial charge in [0.05, 0.1) is 11.8 Å². The zero-order chi connectivity index (χ0) is 18.4. The Morgan fingerprint density at radius 3 is 2.84 bits per heavy atom. The van der Waals surface area contributed by atoms with Crippen LogP contribution in [0.25, 0.3) is 0 Å². The third-order valence-electron chi connectivity index (χ3n) is 4.39. The lowest BCUT2D eigenvalue weighted by Crippen LogP contribution is -2.58. The Bertz CT molecular complexity index is 588. The second-order valence-corrected chi connectivity index (χ2v) is 8.78. The zero-order valence-corrected chi connectivity index (χ0v) is 16.3. The van der Waals surface area contributed by atoms with Crippen molar-refractivity contribution in [2.24, 2.45) is 11.8 Å². The normalized spacial score (nSPS) is 23.1. The van der Waals surface area contributed by atoms with E-state index in [-0.39, 0.29) is 18.0 Å². The molecule has 0 radical (unpaired) electrons. The largest absolute Gasteiger partial charge is 0.481 e. The highest BCUT2D eigenvalue weighted by atomic mass is 33.1. The van der Waals surface area contributed by atoms with Crippen LogP contribution in [0.3, 0.4) is 0 Å². The number of nitrogens with zero attached hydrogens (tertiary/aromatic N) is 2. The van der Waals surface area contributed by atoms with Crippen LogP contribution >= 0.6 is 21.6 Å². The quantitative estimate of drug-likeness (QED) is 0.700. The van der Waals surface area contributed by atoms with Crippen LogP contribution in [0.4, 0.5) is 0 Å². The molecule has 8 heteroatoms. The standard InChI is InChI=1S/C17H25N3O3S2/c1-11-9-20(12(2)8-19-11)16(21)14(13(3)17(22)23)10-24-25-15-6-4-5-7-18-15/h4-7,11-14,19H,8-10H2,1-3H3,(H,22,23). The van der Waals surface area contributed by atoms with Crippen molar-refractivity contribution in [2.45, 2.75) is 37.9 Å². The lowest BCUT2D eigenvalue weighted by atomic mass is 9.93. The van der Waals surface area contributed by atoms with Crippen LogP contribution in [-0.4, -0.2) is 57.8 Å². The Morgan fingerprint density at radius 1 is 1.44 bits per heavy atom. The van der Waals surface area contributed by atoms with Gasteiger partial charge in [0.25, 0.3) is 0 Å². The number of hydrogen-bond donors (Lipinski definition) is 2. The second kappa shape index (κ2) is 9.45. The molecule has 2 N–H and O–H groups in total. The van der Waals surface area contributed by atoms with Gasteiger partial charge in [0, 0.05) is 37.1 Å². The first-order valence-electron chi connectivity index (χ1n) is 8.37. The number of rotatable bonds is 7. The summed E-state index contributed by atoms with van der Waals surface area (Å²) in [7, 11) is 2.96. The number of carbonyl (C=O) groups excluding carboxylic acids is 1. The molecule has 2 heterocycles. The molecule has 0 aliphatic carbocycles. The Kier molecular flexibility index (Phi) is 7.58. The van der Waals surface area contributed by atoms with Crippen molar-refractivity contribution in [1.29, 1.82) is 0 Å². The summed E-state index contributed by atoms with van der Waals surface area (Å²) >= 11 is 0. The van der Waals surface area contributed by atoms with Crippen LogP contribution in [0, 0.1) is 11.8 Å². The molecule has 1 aromatic rings. The Hall–Kier alpha value is -1.25. The number of amides is 1. The van der Waals surface area contributed by atoms with E-state index in [2.05, 4.69) is 10.3 Å². The van der Waals surface area contributed by atoms with Crippen molar-refractivity contribution in [3.8, 4) is 0 Å². The molecule has 1 fully saturated rings. The maximum absolute atomic E-state index is 13.0. The first kappa shape index (κ1) is 20.1. The van der Waals surface area contributed by atoms with Crippen LogP contribution in [0.2, 0.25) is 0 Å². The molecule has 4 atom stereocenters. The van der Waals surface area contributed by atoms with Crippen molar-refractivity contribution in [3.05, 3.63) is 24.4 Å². The lowest BCUT2D eigenvalue weighted by molar-refractivity contribution is -0.150. The molecule has 0 aromatic carbocycles. The molecule has 1 amide bonds. The van der Waals surface area contributed by atoms with E-state index in [1.165, 1.54) is 21.6 Å². The van der Waals surface area contributed by atoms with Crippen LogP contribution < -0.4 is 5.32 Å². The molecule has 4 unspecified atom stereocenters. The van der Waals surface area contributed by atoms with Gasteiger partial charge in [-0.1, -0.05) is 23.8 Å². The van der Waals surface area contributed by atoms with Crippen LogP contribution in [0.1, 0.15) is 20.8 Å². The minimum absolute atomic E-state index is 0.0649. The monoisotopic (exact) mass is 383 g/mol. The summed E-state index contributed by atoms with van der Waals surface area (Å²) in [6.45, 7) is 6.99. The molecule has 1 aromatic heterocycles. The molecule has 1 aliphatic rings. The number of hydrogen-bond acceptors (Lipinski definition) is 6. The van der Waals surface area contributed by atoms with Gasteiger partial charge in [-0.05, 0) is 36.8 Å². The molecule has 2 rings (SSSR count). The van der Waals surface area contributed by atoms with E-state index in [0.717, 1.165) is 11.6 Å². The summed E-state index contributed by atoms with van der Waals surface area (Å²) < 4.78 is 0. The van der Waals surface area contributed by atoms with E-state index in [9.17, 15) is 14.7 Å². The van der Waals surface area contributed by atoms with Gasteiger partial charge >= 0.3 is 5.97 Å². The summed E-state index contributed by atoms with van der Waals surface area (Å²) in [6.07, 6.45) is 1.72. The summed E-state index contributed by atoms with van der Waals surface area (Å²) in [4.78, 5) is 30.6. The highest BCUT2D eigenvalue weighted by Gasteiger charge is 2.36. The molecular weight excluding hydrogens is 358 g/mol. The van der Waals surface area contributed by atoms with E-state index in [1.54, 1.807) is 13.1 Å². The lowest BCUT2D eigenvalue weighted by Gasteiger charge is -2.40. The maximum atomic E-state index is 13.0. The number of aromatic nitrogens is 1. The number of carboxylic acids is 1. The fourth-order valence-corrected chi connectivity index (χ4v) is 5.01. The van der Waals surface area contributed by atoms with E-state index in [4.69, 9.17) is 0 Å². The minimum atomic E-state index is -0.933. The van der Waals surface area contributed by atoms with Crippen LogP contribution in [0.15, 0.2) is 29.4 Å². The zero-order valence-electron chi connectivity index (χ0n) is 14.7. The molecule has 6 nitrogen and oxygen atoms in total. The van der Waals surface area contributed by atoms with Gasteiger partial charge < -0.3 is 15.3 Å².